The van der Waals surface area contributed by atoms with Crippen LogP contribution in [0.3, 0.4) is 0 Å². The first kappa shape index (κ1) is 15.0. The zero-order valence-electron chi connectivity index (χ0n) is 10.5. The molecular formula is C13H13F3N2O. The number of carbonyl (C=O) groups is 1. The number of nitriles is 1. The molecule has 19 heavy (non-hydrogen) atoms. The third-order valence-corrected chi connectivity index (χ3v) is 2.80. The zero-order chi connectivity index (χ0) is 14.7. The molecule has 1 amide bonds. The van der Waals surface area contributed by atoms with Gasteiger partial charge in [-0.1, -0.05) is 13.0 Å². The fraction of sp³-hybridized carbons (Fsp3) is 0.385. The smallest absolute Gasteiger partial charge is 0.334 e. The highest BCUT2D eigenvalue weighted by Crippen LogP contribution is 2.29. The van der Waals surface area contributed by atoms with E-state index in [1.807, 2.05) is 6.07 Å². The van der Waals surface area contributed by atoms with Gasteiger partial charge in [-0.05, 0) is 31.5 Å². The summed E-state index contributed by atoms with van der Waals surface area (Å²) in [5, 5.41) is 11.3. The molecule has 0 saturated heterocycles. The number of carbonyl (C=O) groups excluding carboxylic acids is 1. The summed E-state index contributed by atoms with van der Waals surface area (Å²) in [6, 6.07) is 6.01. The van der Waals surface area contributed by atoms with Crippen LogP contribution in [0.1, 0.15) is 36.2 Å². The molecule has 0 heterocycles. The van der Waals surface area contributed by atoms with Gasteiger partial charge >= 0.3 is 6.18 Å². The molecule has 0 radical (unpaired) electrons. The van der Waals surface area contributed by atoms with E-state index in [4.69, 9.17) is 5.26 Å². The van der Waals surface area contributed by atoms with Crippen LogP contribution in [-0.2, 0) is 6.18 Å². The number of alkyl halides is 3. The Morgan fingerprint density at radius 1 is 1.42 bits per heavy atom. The van der Waals surface area contributed by atoms with E-state index in [0.29, 0.717) is 6.42 Å². The Balaban J connectivity index is 2.99. The highest BCUT2D eigenvalue weighted by molar-refractivity contribution is 5.95. The molecule has 0 aliphatic heterocycles. The minimum Gasteiger partial charge on any atom is -0.334 e. The molecule has 0 aliphatic carbocycles. The minimum absolute atomic E-state index is 0.121. The fourth-order valence-electron chi connectivity index (χ4n) is 1.35. The van der Waals surface area contributed by atoms with Gasteiger partial charge in [0.15, 0.2) is 0 Å². The Kier molecular flexibility index (Phi) is 4.20. The predicted octanol–water partition coefficient (Wildman–Crippen LogP) is 3.13. The second kappa shape index (κ2) is 5.31. The van der Waals surface area contributed by atoms with Gasteiger partial charge in [0.2, 0.25) is 0 Å². The van der Waals surface area contributed by atoms with Crippen molar-refractivity contribution < 1.29 is 18.0 Å². The molecule has 102 valence electrons. The maximum absolute atomic E-state index is 12.5. The molecule has 1 aromatic carbocycles. The Morgan fingerprint density at radius 2 is 2.05 bits per heavy atom. The number of hydrogen-bond acceptors (Lipinski definition) is 2. The van der Waals surface area contributed by atoms with E-state index >= 15 is 0 Å². The van der Waals surface area contributed by atoms with Gasteiger partial charge in [0.25, 0.3) is 5.91 Å². The molecule has 0 bridgehead atoms. The molecule has 6 heteroatoms. The van der Waals surface area contributed by atoms with Crippen LogP contribution < -0.4 is 5.32 Å². The van der Waals surface area contributed by atoms with Gasteiger partial charge in [-0.15, -0.1) is 0 Å². The number of amides is 1. The SMILES string of the molecule is CC[C@](C)(C#N)NC(=O)c1cccc(C(F)(F)F)c1. The first-order chi connectivity index (χ1) is 8.72. The molecule has 1 aromatic rings. The average Bonchev–Trinajstić information content (AvgIpc) is 2.37. The molecule has 1 N–H and O–H groups in total. The highest BCUT2D eigenvalue weighted by atomic mass is 19.4. The lowest BCUT2D eigenvalue weighted by Gasteiger charge is -2.21. The van der Waals surface area contributed by atoms with Gasteiger partial charge in [-0.2, -0.15) is 18.4 Å². The monoisotopic (exact) mass is 270 g/mol. The van der Waals surface area contributed by atoms with Gasteiger partial charge in [0, 0.05) is 5.56 Å². The topological polar surface area (TPSA) is 52.9 Å². The van der Waals surface area contributed by atoms with Crippen LogP contribution in [0.2, 0.25) is 0 Å². The van der Waals surface area contributed by atoms with Crippen LogP contribution >= 0.6 is 0 Å². The lowest BCUT2D eigenvalue weighted by molar-refractivity contribution is -0.137. The van der Waals surface area contributed by atoms with Crippen molar-refractivity contribution in [3.05, 3.63) is 35.4 Å². The van der Waals surface area contributed by atoms with E-state index in [9.17, 15) is 18.0 Å². The van der Waals surface area contributed by atoms with E-state index in [2.05, 4.69) is 5.32 Å². The van der Waals surface area contributed by atoms with Crippen molar-refractivity contribution in [1.82, 2.24) is 5.32 Å². The second-order valence-electron chi connectivity index (χ2n) is 4.33. The van der Waals surface area contributed by atoms with Crippen molar-refractivity contribution in [2.75, 3.05) is 0 Å². The van der Waals surface area contributed by atoms with Gasteiger partial charge < -0.3 is 5.32 Å². The molecule has 0 aliphatic rings. The van der Waals surface area contributed by atoms with E-state index in [1.165, 1.54) is 13.0 Å². The van der Waals surface area contributed by atoms with E-state index in [1.54, 1.807) is 6.92 Å². The summed E-state index contributed by atoms with van der Waals surface area (Å²) in [6.07, 6.45) is -4.15. The lowest BCUT2D eigenvalue weighted by Crippen LogP contribution is -2.44. The molecule has 0 unspecified atom stereocenters. The number of benzene rings is 1. The molecule has 1 rings (SSSR count). The molecule has 0 spiro atoms. The summed E-state index contributed by atoms with van der Waals surface area (Å²) >= 11 is 0. The first-order valence-corrected chi connectivity index (χ1v) is 5.63. The normalized spacial score (nSPS) is 14.3. The Labute approximate surface area is 109 Å². The van der Waals surface area contributed by atoms with Crippen molar-refractivity contribution in [2.24, 2.45) is 0 Å². The quantitative estimate of drug-likeness (QED) is 0.917. The van der Waals surface area contributed by atoms with Crippen molar-refractivity contribution in [2.45, 2.75) is 32.0 Å². The van der Waals surface area contributed by atoms with Crippen molar-refractivity contribution in [1.29, 1.82) is 5.26 Å². The summed E-state index contributed by atoms with van der Waals surface area (Å²) in [4.78, 5) is 11.8. The molecule has 3 nitrogen and oxygen atoms in total. The van der Waals surface area contributed by atoms with Gasteiger partial charge in [0.05, 0.1) is 11.6 Å². The standard InChI is InChI=1S/C13H13F3N2O/c1-3-12(2,8-17)18-11(19)9-5-4-6-10(7-9)13(14,15)16/h4-7H,3H2,1-2H3,(H,18,19)/t12-/m1/s1. The van der Waals surface area contributed by atoms with E-state index < -0.39 is 23.2 Å². The predicted molar refractivity (Wildman–Crippen MR) is 63.2 cm³/mol. The molecule has 0 aromatic heterocycles. The molecule has 0 saturated carbocycles. The summed E-state index contributed by atoms with van der Waals surface area (Å²) in [5.74, 6) is -0.697. The van der Waals surface area contributed by atoms with Gasteiger partial charge in [0.1, 0.15) is 5.54 Å². The van der Waals surface area contributed by atoms with Gasteiger partial charge in [-0.25, -0.2) is 0 Å². The van der Waals surface area contributed by atoms with Gasteiger partial charge in [-0.3, -0.25) is 4.79 Å². The average molecular weight is 270 g/mol. The Bertz CT molecular complexity index is 519. The largest absolute Gasteiger partial charge is 0.416 e. The van der Waals surface area contributed by atoms with Crippen molar-refractivity contribution >= 4 is 5.91 Å². The summed E-state index contributed by atoms with van der Waals surface area (Å²) in [5.41, 5.74) is -2.11. The molecule has 1 atom stereocenters. The van der Waals surface area contributed by atoms with E-state index in [0.717, 1.165) is 18.2 Å². The van der Waals surface area contributed by atoms with Crippen LogP contribution in [0.5, 0.6) is 0 Å². The Hall–Kier alpha value is -2.03. The number of hydrogen-bond donors (Lipinski definition) is 1. The lowest BCUT2D eigenvalue weighted by atomic mass is 10.00. The van der Waals surface area contributed by atoms with E-state index in [-0.39, 0.29) is 5.56 Å². The summed E-state index contributed by atoms with van der Waals surface area (Å²) in [6.45, 7) is 3.22. The highest BCUT2D eigenvalue weighted by Gasteiger charge is 2.31. The van der Waals surface area contributed by atoms with Crippen molar-refractivity contribution in [3.63, 3.8) is 0 Å². The fourth-order valence-corrected chi connectivity index (χ4v) is 1.35. The number of nitrogens with zero attached hydrogens (tertiary/aromatic N) is 1. The number of rotatable bonds is 3. The first-order valence-electron chi connectivity index (χ1n) is 5.63. The minimum atomic E-state index is -4.50. The second-order valence-corrected chi connectivity index (χ2v) is 4.33. The van der Waals surface area contributed by atoms with Crippen LogP contribution in [-0.4, -0.2) is 11.4 Å². The van der Waals surface area contributed by atoms with Crippen LogP contribution in [0.4, 0.5) is 13.2 Å². The number of nitrogens with one attached hydrogen (secondary N) is 1. The molecular weight excluding hydrogens is 257 g/mol. The van der Waals surface area contributed by atoms with Crippen LogP contribution in [0.15, 0.2) is 24.3 Å². The molecule has 0 fully saturated rings. The van der Waals surface area contributed by atoms with Crippen molar-refractivity contribution in [3.8, 4) is 6.07 Å². The maximum Gasteiger partial charge on any atom is 0.416 e. The van der Waals surface area contributed by atoms with Crippen LogP contribution in [0.25, 0.3) is 0 Å². The summed E-state index contributed by atoms with van der Waals surface area (Å²) < 4.78 is 37.6. The summed E-state index contributed by atoms with van der Waals surface area (Å²) in [7, 11) is 0. The van der Waals surface area contributed by atoms with Crippen LogP contribution in [0, 0.1) is 11.3 Å². The zero-order valence-corrected chi connectivity index (χ0v) is 10.5. The third kappa shape index (κ3) is 3.71. The third-order valence-electron chi connectivity index (χ3n) is 2.80. The Morgan fingerprint density at radius 3 is 2.53 bits per heavy atom. The maximum atomic E-state index is 12.5. The number of halogens is 3.